The van der Waals surface area contributed by atoms with E-state index in [1.165, 1.54) is 0 Å². The molecule has 0 aliphatic carbocycles. The number of H-pyrrole nitrogens is 1. The molecule has 1 heterocycles. The molecule has 0 aliphatic heterocycles. The van der Waals surface area contributed by atoms with Crippen LogP contribution in [0.4, 0.5) is 0 Å². The minimum atomic E-state index is -0.254. The highest BCUT2D eigenvalue weighted by atomic mass is 35.5. The molecule has 4 aromatic rings. The van der Waals surface area contributed by atoms with Gasteiger partial charge in [0, 0.05) is 10.0 Å². The lowest BCUT2D eigenvalue weighted by Gasteiger charge is -2.09. The van der Waals surface area contributed by atoms with Gasteiger partial charge in [0.2, 0.25) is 0 Å². The van der Waals surface area contributed by atoms with Crippen molar-refractivity contribution >= 4 is 34.1 Å². The number of nitrogens with one attached hydrogen (secondary N) is 1. The van der Waals surface area contributed by atoms with Gasteiger partial charge in [0.1, 0.15) is 11.6 Å². The lowest BCUT2D eigenvalue weighted by Crippen LogP contribution is -2.09. The summed E-state index contributed by atoms with van der Waals surface area (Å²) in [6, 6.07) is 17.3. The molecule has 0 spiro atoms. The van der Waals surface area contributed by atoms with Crippen molar-refractivity contribution in [3.8, 4) is 28.3 Å². The summed E-state index contributed by atoms with van der Waals surface area (Å²) in [6.45, 7) is 0. The minimum Gasteiger partial charge on any atom is -0.507 e. The van der Waals surface area contributed by atoms with Crippen LogP contribution in [0.5, 0.6) is 5.75 Å². The molecule has 4 rings (SSSR count). The van der Waals surface area contributed by atoms with Crippen molar-refractivity contribution in [2.45, 2.75) is 0 Å². The number of phenolic OH excluding ortho intramolecular Hbond substituents is 1. The minimum absolute atomic E-state index is 0.00275. The Bertz CT molecular complexity index is 1180. The molecular formula is C20H12Cl2N2O2. The summed E-state index contributed by atoms with van der Waals surface area (Å²) >= 11 is 12.1. The first kappa shape index (κ1) is 16.6. The summed E-state index contributed by atoms with van der Waals surface area (Å²) in [5, 5.41) is 12.0. The fourth-order valence-electron chi connectivity index (χ4n) is 2.85. The van der Waals surface area contributed by atoms with Crippen LogP contribution in [0, 0.1) is 0 Å². The van der Waals surface area contributed by atoms with Gasteiger partial charge in [0.05, 0.1) is 16.5 Å². The molecule has 0 amide bonds. The van der Waals surface area contributed by atoms with Crippen molar-refractivity contribution in [2.24, 2.45) is 0 Å². The molecule has 128 valence electrons. The fourth-order valence-corrected chi connectivity index (χ4v) is 3.37. The third-order valence-corrected chi connectivity index (χ3v) is 4.50. The normalized spacial score (nSPS) is 11.0. The number of benzene rings is 3. The van der Waals surface area contributed by atoms with Crippen molar-refractivity contribution < 1.29 is 5.11 Å². The Kier molecular flexibility index (Phi) is 4.15. The van der Waals surface area contributed by atoms with Gasteiger partial charge in [-0.3, -0.25) is 4.79 Å². The Balaban J connectivity index is 1.83. The van der Waals surface area contributed by atoms with E-state index in [0.29, 0.717) is 32.3 Å². The quantitative estimate of drug-likeness (QED) is 0.496. The Labute approximate surface area is 158 Å². The van der Waals surface area contributed by atoms with Crippen molar-refractivity contribution in [2.75, 3.05) is 0 Å². The molecule has 0 atom stereocenters. The highest BCUT2D eigenvalue weighted by Gasteiger charge is 2.11. The number of phenols is 1. The molecule has 26 heavy (non-hydrogen) atoms. The molecule has 0 bridgehead atoms. The van der Waals surface area contributed by atoms with Gasteiger partial charge in [-0.2, -0.15) is 0 Å². The second kappa shape index (κ2) is 6.48. The lowest BCUT2D eigenvalue weighted by atomic mass is 10.0. The largest absolute Gasteiger partial charge is 0.507 e. The third kappa shape index (κ3) is 3.05. The molecule has 0 saturated carbocycles. The average Bonchev–Trinajstić information content (AvgIpc) is 2.61. The Morgan fingerprint density at radius 2 is 1.62 bits per heavy atom. The van der Waals surface area contributed by atoms with Crippen LogP contribution in [0.25, 0.3) is 33.4 Å². The summed E-state index contributed by atoms with van der Waals surface area (Å²) in [5.41, 5.74) is 2.28. The first-order chi connectivity index (χ1) is 12.5. The Morgan fingerprint density at radius 1 is 0.885 bits per heavy atom. The van der Waals surface area contributed by atoms with Crippen molar-refractivity contribution in [1.29, 1.82) is 0 Å². The molecule has 0 radical (unpaired) electrons. The maximum atomic E-state index is 12.2. The van der Waals surface area contributed by atoms with E-state index < -0.39 is 0 Å². The van der Waals surface area contributed by atoms with Crippen molar-refractivity contribution in [1.82, 2.24) is 9.97 Å². The zero-order valence-corrected chi connectivity index (χ0v) is 14.8. The first-order valence-corrected chi connectivity index (χ1v) is 8.56. The van der Waals surface area contributed by atoms with Crippen LogP contribution < -0.4 is 5.56 Å². The summed E-state index contributed by atoms with van der Waals surface area (Å²) in [4.78, 5) is 19.4. The van der Waals surface area contributed by atoms with E-state index in [-0.39, 0.29) is 11.3 Å². The van der Waals surface area contributed by atoms with E-state index in [2.05, 4.69) is 9.97 Å². The molecule has 0 aliphatic rings. The number of aromatic hydroxyl groups is 1. The van der Waals surface area contributed by atoms with Crippen molar-refractivity contribution in [3.05, 3.63) is 81.1 Å². The summed E-state index contributed by atoms with van der Waals surface area (Å²) < 4.78 is 0. The Hall–Kier alpha value is -2.82. The predicted molar refractivity (Wildman–Crippen MR) is 105 cm³/mol. The van der Waals surface area contributed by atoms with Crippen LogP contribution >= 0.6 is 23.2 Å². The van der Waals surface area contributed by atoms with Gasteiger partial charge in [0.15, 0.2) is 0 Å². The molecule has 0 unspecified atom stereocenters. The van der Waals surface area contributed by atoms with E-state index in [0.717, 1.165) is 11.1 Å². The van der Waals surface area contributed by atoms with Gasteiger partial charge in [-0.05, 0) is 53.6 Å². The monoisotopic (exact) mass is 382 g/mol. The van der Waals surface area contributed by atoms with E-state index >= 15 is 0 Å². The summed E-state index contributed by atoms with van der Waals surface area (Å²) in [6.07, 6.45) is 0. The van der Waals surface area contributed by atoms with E-state index in [9.17, 15) is 9.90 Å². The number of aromatic amines is 1. The highest BCUT2D eigenvalue weighted by molar-refractivity contribution is 6.35. The second-order valence-corrected chi connectivity index (χ2v) is 6.69. The SMILES string of the molecule is O=c1[nH]c(-c2ccc(-c3cc(Cl)cc(Cl)c3)cc2O)nc2ccccc12. The van der Waals surface area contributed by atoms with Crippen LogP contribution in [0.2, 0.25) is 10.0 Å². The zero-order valence-electron chi connectivity index (χ0n) is 13.3. The number of hydrogen-bond donors (Lipinski definition) is 2. The maximum Gasteiger partial charge on any atom is 0.259 e. The number of fused-ring (bicyclic) bond motifs is 1. The molecule has 0 saturated heterocycles. The number of hydrogen-bond acceptors (Lipinski definition) is 3. The fraction of sp³-hybridized carbons (Fsp3) is 0. The van der Waals surface area contributed by atoms with Gasteiger partial charge in [-0.25, -0.2) is 4.98 Å². The van der Waals surface area contributed by atoms with Crippen LogP contribution in [0.3, 0.4) is 0 Å². The molecular weight excluding hydrogens is 371 g/mol. The first-order valence-electron chi connectivity index (χ1n) is 7.80. The van der Waals surface area contributed by atoms with Gasteiger partial charge in [0.25, 0.3) is 5.56 Å². The summed E-state index contributed by atoms with van der Waals surface area (Å²) in [5.74, 6) is 0.305. The van der Waals surface area contributed by atoms with Crippen LogP contribution in [-0.2, 0) is 0 Å². The number of aromatic nitrogens is 2. The molecule has 4 nitrogen and oxygen atoms in total. The van der Waals surface area contributed by atoms with Gasteiger partial charge in [-0.1, -0.05) is 41.4 Å². The molecule has 3 aromatic carbocycles. The van der Waals surface area contributed by atoms with E-state index in [1.807, 2.05) is 12.1 Å². The number of nitrogens with zero attached hydrogens (tertiary/aromatic N) is 1. The topological polar surface area (TPSA) is 66.0 Å². The molecule has 0 fully saturated rings. The van der Waals surface area contributed by atoms with Gasteiger partial charge < -0.3 is 10.1 Å². The van der Waals surface area contributed by atoms with Crippen LogP contribution in [-0.4, -0.2) is 15.1 Å². The zero-order chi connectivity index (χ0) is 18.3. The number of halogens is 2. The van der Waals surface area contributed by atoms with E-state index in [4.69, 9.17) is 23.2 Å². The summed E-state index contributed by atoms with van der Waals surface area (Å²) in [7, 11) is 0. The smallest absolute Gasteiger partial charge is 0.259 e. The lowest BCUT2D eigenvalue weighted by molar-refractivity contribution is 0.477. The average molecular weight is 383 g/mol. The second-order valence-electron chi connectivity index (χ2n) is 5.82. The predicted octanol–water partition coefficient (Wildman–Crippen LogP) is 5.27. The molecule has 2 N–H and O–H groups in total. The number of rotatable bonds is 2. The molecule has 6 heteroatoms. The highest BCUT2D eigenvalue weighted by Crippen LogP contribution is 2.34. The van der Waals surface area contributed by atoms with Gasteiger partial charge in [-0.15, -0.1) is 0 Å². The van der Waals surface area contributed by atoms with Crippen LogP contribution in [0.15, 0.2) is 65.5 Å². The third-order valence-electron chi connectivity index (χ3n) is 4.06. The number of para-hydroxylation sites is 1. The standard InChI is InChI=1S/C20H12Cl2N2O2/c21-13-7-12(8-14(22)10-13)11-5-6-16(18(25)9-11)19-23-17-4-2-1-3-15(17)20(26)24-19/h1-10,25H,(H,23,24,26). The van der Waals surface area contributed by atoms with E-state index in [1.54, 1.807) is 48.5 Å². The maximum absolute atomic E-state index is 12.2. The molecule has 1 aromatic heterocycles. The Morgan fingerprint density at radius 3 is 2.35 bits per heavy atom. The van der Waals surface area contributed by atoms with Crippen LogP contribution in [0.1, 0.15) is 0 Å². The van der Waals surface area contributed by atoms with Crippen molar-refractivity contribution in [3.63, 3.8) is 0 Å². The van der Waals surface area contributed by atoms with Gasteiger partial charge >= 0.3 is 0 Å².